The quantitative estimate of drug-likeness (QED) is 0.393. The van der Waals surface area contributed by atoms with Gasteiger partial charge in [-0.15, -0.1) is 0 Å². The van der Waals surface area contributed by atoms with Crippen molar-refractivity contribution < 1.29 is 30.7 Å². The molecule has 0 amide bonds. The van der Waals surface area contributed by atoms with Crippen molar-refractivity contribution >= 4 is 5.83 Å². The molecule has 0 unspecified atom stereocenters. The molecule has 0 atom stereocenters. The van der Waals surface area contributed by atoms with Crippen molar-refractivity contribution in [3.05, 3.63) is 40.7 Å². The van der Waals surface area contributed by atoms with Gasteiger partial charge in [0.15, 0.2) is 5.83 Å². The summed E-state index contributed by atoms with van der Waals surface area (Å²) in [7, 11) is 0. The molecular formula is C24H29F7. The zero-order valence-corrected chi connectivity index (χ0v) is 17.7. The zero-order valence-electron chi connectivity index (χ0n) is 17.7. The van der Waals surface area contributed by atoms with E-state index in [9.17, 15) is 30.7 Å². The number of rotatable bonds is 5. The third-order valence-electron chi connectivity index (χ3n) is 7.22. The summed E-state index contributed by atoms with van der Waals surface area (Å²) in [6.45, 7) is 2.21. The second-order valence-electron chi connectivity index (χ2n) is 9.17. The van der Waals surface area contributed by atoms with Crippen LogP contribution in [0.4, 0.5) is 30.7 Å². The maximum absolute atomic E-state index is 14.3. The van der Waals surface area contributed by atoms with Gasteiger partial charge in [-0.1, -0.05) is 32.6 Å². The van der Waals surface area contributed by atoms with Crippen molar-refractivity contribution in [1.29, 1.82) is 0 Å². The van der Waals surface area contributed by atoms with Crippen LogP contribution in [0, 0.1) is 29.4 Å². The zero-order chi connectivity index (χ0) is 22.8. The molecule has 2 fully saturated rings. The lowest BCUT2D eigenvalue weighted by Gasteiger charge is -2.38. The minimum atomic E-state index is -5.64. The fourth-order valence-electron chi connectivity index (χ4n) is 5.55. The second-order valence-corrected chi connectivity index (χ2v) is 9.17. The minimum Gasteiger partial charge on any atom is -0.206 e. The summed E-state index contributed by atoms with van der Waals surface area (Å²) in [6.07, 6.45) is 5.20. The van der Waals surface area contributed by atoms with Crippen LogP contribution in [0.1, 0.15) is 88.2 Å². The predicted molar refractivity (Wildman–Crippen MR) is 107 cm³/mol. The topological polar surface area (TPSA) is 0 Å². The highest BCUT2D eigenvalue weighted by molar-refractivity contribution is 5.63. The van der Waals surface area contributed by atoms with Gasteiger partial charge in [-0.3, -0.25) is 0 Å². The average Bonchev–Trinajstić information content (AvgIpc) is 2.73. The first kappa shape index (κ1) is 24.1. The molecule has 31 heavy (non-hydrogen) atoms. The van der Waals surface area contributed by atoms with Crippen molar-refractivity contribution in [1.82, 2.24) is 0 Å². The molecule has 0 nitrogen and oxygen atoms in total. The van der Waals surface area contributed by atoms with Crippen molar-refractivity contribution in [2.45, 2.75) is 83.2 Å². The summed E-state index contributed by atoms with van der Waals surface area (Å²) in [4.78, 5) is 0. The first-order valence-electron chi connectivity index (χ1n) is 11.2. The minimum absolute atomic E-state index is 0.134. The Bertz CT molecular complexity index is 757. The molecule has 0 radical (unpaired) electrons. The monoisotopic (exact) mass is 450 g/mol. The predicted octanol–water partition coefficient (Wildman–Crippen LogP) is 9.01. The summed E-state index contributed by atoms with van der Waals surface area (Å²) in [5, 5.41) is 0. The maximum Gasteiger partial charge on any atom is 0.445 e. The van der Waals surface area contributed by atoms with Gasteiger partial charge >= 0.3 is 6.18 Å². The standard InChI is InChI=1S/C24H29F7/c1-2-3-14-4-6-15(7-5-14)16-8-10-17(11-9-16)18-12-19(25)21(20(26)13-18)22(27)23(28)24(29,30)31/h12-17H,2-11H2,1H3/b23-22+. The van der Waals surface area contributed by atoms with E-state index in [1.165, 1.54) is 38.5 Å². The lowest BCUT2D eigenvalue weighted by Crippen LogP contribution is -2.25. The molecule has 1 aromatic rings. The molecule has 2 saturated carbocycles. The Kier molecular flexibility index (Phi) is 7.74. The molecule has 0 saturated heterocycles. The van der Waals surface area contributed by atoms with Gasteiger partial charge in [0.1, 0.15) is 11.6 Å². The SMILES string of the molecule is CCCC1CCC(C2CCC(c3cc(F)c(/C(F)=C(\F)C(F)(F)F)c(F)c3)CC2)CC1. The smallest absolute Gasteiger partial charge is 0.206 e. The number of hydrogen-bond donors (Lipinski definition) is 0. The van der Waals surface area contributed by atoms with E-state index in [1.54, 1.807) is 0 Å². The summed E-state index contributed by atoms with van der Waals surface area (Å²) >= 11 is 0. The van der Waals surface area contributed by atoms with Gasteiger partial charge in [-0.2, -0.15) is 17.6 Å². The van der Waals surface area contributed by atoms with E-state index in [0.717, 1.165) is 43.7 Å². The summed E-state index contributed by atoms with van der Waals surface area (Å²) in [5.41, 5.74) is -1.31. The molecule has 1 aromatic carbocycles. The number of halogens is 7. The molecule has 0 aromatic heterocycles. The molecule has 0 N–H and O–H groups in total. The van der Waals surface area contributed by atoms with Gasteiger partial charge in [-0.05, 0) is 79.9 Å². The van der Waals surface area contributed by atoms with Crippen LogP contribution in [0.2, 0.25) is 0 Å². The van der Waals surface area contributed by atoms with Crippen LogP contribution in [0.5, 0.6) is 0 Å². The molecular weight excluding hydrogens is 421 g/mol. The van der Waals surface area contributed by atoms with Crippen molar-refractivity contribution in [2.75, 3.05) is 0 Å². The third kappa shape index (κ3) is 5.64. The molecule has 2 aliphatic carbocycles. The fraction of sp³-hybridized carbons (Fsp3) is 0.667. The summed E-state index contributed by atoms with van der Waals surface area (Å²) in [6, 6.07) is 1.70. The van der Waals surface area contributed by atoms with Crippen LogP contribution >= 0.6 is 0 Å². The number of hydrogen-bond acceptors (Lipinski definition) is 0. The summed E-state index contributed by atoms with van der Waals surface area (Å²) < 4.78 is 92.5. The van der Waals surface area contributed by atoms with Crippen LogP contribution in [0.25, 0.3) is 5.83 Å². The largest absolute Gasteiger partial charge is 0.445 e. The Morgan fingerprint density at radius 2 is 1.32 bits per heavy atom. The molecule has 0 heterocycles. The molecule has 7 heteroatoms. The highest BCUT2D eigenvalue weighted by Gasteiger charge is 2.40. The fourth-order valence-corrected chi connectivity index (χ4v) is 5.55. The Labute approximate surface area is 178 Å². The highest BCUT2D eigenvalue weighted by Crippen LogP contribution is 2.45. The van der Waals surface area contributed by atoms with Crippen LogP contribution in [0.15, 0.2) is 18.0 Å². The molecule has 0 spiro atoms. The Morgan fingerprint density at radius 1 is 0.839 bits per heavy atom. The van der Waals surface area contributed by atoms with Crippen molar-refractivity contribution in [3.8, 4) is 0 Å². The van der Waals surface area contributed by atoms with Crippen LogP contribution in [0.3, 0.4) is 0 Å². The van der Waals surface area contributed by atoms with E-state index in [-0.39, 0.29) is 5.92 Å². The molecule has 174 valence electrons. The van der Waals surface area contributed by atoms with E-state index in [2.05, 4.69) is 6.92 Å². The number of alkyl halides is 3. The molecule has 3 rings (SSSR count). The first-order chi connectivity index (χ1) is 14.6. The Balaban J connectivity index is 1.65. The van der Waals surface area contributed by atoms with Gasteiger partial charge in [0.05, 0.1) is 5.56 Å². The average molecular weight is 450 g/mol. The van der Waals surface area contributed by atoms with E-state index in [0.29, 0.717) is 17.4 Å². The second kappa shape index (κ2) is 9.95. The van der Waals surface area contributed by atoms with E-state index in [4.69, 9.17) is 0 Å². The van der Waals surface area contributed by atoms with Crippen molar-refractivity contribution in [2.24, 2.45) is 17.8 Å². The van der Waals surface area contributed by atoms with Crippen molar-refractivity contribution in [3.63, 3.8) is 0 Å². The maximum atomic E-state index is 14.3. The lowest BCUT2D eigenvalue weighted by atomic mass is 9.68. The van der Waals surface area contributed by atoms with E-state index >= 15 is 0 Å². The van der Waals surface area contributed by atoms with Gasteiger partial charge in [-0.25, -0.2) is 13.2 Å². The normalized spacial score (nSPS) is 28.4. The third-order valence-corrected chi connectivity index (χ3v) is 7.22. The molecule has 0 bridgehead atoms. The Morgan fingerprint density at radius 3 is 1.77 bits per heavy atom. The highest BCUT2D eigenvalue weighted by atomic mass is 19.4. The van der Waals surface area contributed by atoms with E-state index in [1.807, 2.05) is 0 Å². The first-order valence-corrected chi connectivity index (χ1v) is 11.2. The molecule has 0 aliphatic heterocycles. The van der Waals surface area contributed by atoms with Crippen LogP contribution < -0.4 is 0 Å². The van der Waals surface area contributed by atoms with Gasteiger partial charge in [0, 0.05) is 0 Å². The van der Waals surface area contributed by atoms with Crippen LogP contribution in [-0.4, -0.2) is 6.18 Å². The van der Waals surface area contributed by atoms with Gasteiger partial charge in [0.2, 0.25) is 5.83 Å². The van der Waals surface area contributed by atoms with Gasteiger partial charge < -0.3 is 0 Å². The lowest BCUT2D eigenvalue weighted by molar-refractivity contribution is -0.108. The van der Waals surface area contributed by atoms with Crippen LogP contribution in [-0.2, 0) is 0 Å². The molecule has 2 aliphatic rings. The number of benzene rings is 1. The van der Waals surface area contributed by atoms with E-state index < -0.39 is 35.0 Å². The number of allylic oxidation sites excluding steroid dienone is 1. The summed E-state index contributed by atoms with van der Waals surface area (Å²) in [5.74, 6) is -6.73. The van der Waals surface area contributed by atoms with Gasteiger partial charge in [0.25, 0.3) is 0 Å². The Hall–Kier alpha value is -1.53.